The van der Waals surface area contributed by atoms with Gasteiger partial charge < -0.3 is 15.2 Å². The van der Waals surface area contributed by atoms with Crippen molar-refractivity contribution in [2.45, 2.75) is 13.3 Å². The molecule has 1 amide bonds. The smallest absolute Gasteiger partial charge is 0.216 e. The number of benzene rings is 1. The van der Waals surface area contributed by atoms with E-state index in [0.29, 0.717) is 12.3 Å². The van der Waals surface area contributed by atoms with Crippen molar-refractivity contribution in [2.75, 3.05) is 13.7 Å². The molecule has 0 aliphatic carbocycles. The first-order valence-corrected chi connectivity index (χ1v) is 6.51. The molecule has 1 heterocycles. The van der Waals surface area contributed by atoms with E-state index in [1.807, 2.05) is 11.4 Å². The largest absolute Gasteiger partial charge is 0.504 e. The van der Waals surface area contributed by atoms with Crippen LogP contribution in [0.5, 0.6) is 11.5 Å². The third kappa shape index (κ3) is 2.56. The summed E-state index contributed by atoms with van der Waals surface area (Å²) in [6.45, 7) is 2.12. The Morgan fingerprint density at radius 3 is 2.94 bits per heavy atom. The van der Waals surface area contributed by atoms with Gasteiger partial charge in [-0.1, -0.05) is 0 Å². The third-order valence-electron chi connectivity index (χ3n) is 2.72. The van der Waals surface area contributed by atoms with Gasteiger partial charge in [0.25, 0.3) is 0 Å². The number of carbonyl (C=O) groups is 1. The van der Waals surface area contributed by atoms with E-state index in [1.54, 1.807) is 17.4 Å². The molecule has 0 fully saturated rings. The summed E-state index contributed by atoms with van der Waals surface area (Å²) in [5.41, 5.74) is 1.15. The van der Waals surface area contributed by atoms with Crippen LogP contribution in [0.1, 0.15) is 12.5 Å². The Morgan fingerprint density at radius 2 is 2.28 bits per heavy atom. The fourth-order valence-corrected chi connectivity index (χ4v) is 2.84. The fourth-order valence-electron chi connectivity index (χ4n) is 1.83. The third-order valence-corrected chi connectivity index (χ3v) is 3.72. The van der Waals surface area contributed by atoms with Crippen LogP contribution in [0.2, 0.25) is 0 Å². The molecule has 5 heteroatoms. The number of nitrogens with one attached hydrogen (secondary N) is 1. The maximum absolute atomic E-state index is 10.8. The molecule has 2 rings (SSSR count). The summed E-state index contributed by atoms with van der Waals surface area (Å²) in [5, 5.41) is 15.6. The number of hydrogen-bond acceptors (Lipinski definition) is 4. The van der Waals surface area contributed by atoms with Gasteiger partial charge in [0.2, 0.25) is 5.91 Å². The Bertz CT molecular complexity index is 577. The van der Waals surface area contributed by atoms with Crippen LogP contribution in [-0.4, -0.2) is 24.7 Å². The normalized spacial score (nSPS) is 10.6. The lowest BCUT2D eigenvalue weighted by molar-refractivity contribution is -0.118. The number of aromatic hydroxyl groups is 1. The summed E-state index contributed by atoms with van der Waals surface area (Å²) in [6.07, 6.45) is 0.771. The first kappa shape index (κ1) is 12.7. The number of phenols is 1. The molecule has 2 N–H and O–H groups in total. The summed E-state index contributed by atoms with van der Waals surface area (Å²) in [7, 11) is 1.53. The van der Waals surface area contributed by atoms with Crippen molar-refractivity contribution in [3.05, 3.63) is 23.1 Å². The minimum absolute atomic E-state index is 0.0234. The molecule has 0 radical (unpaired) electrons. The van der Waals surface area contributed by atoms with E-state index < -0.39 is 0 Å². The van der Waals surface area contributed by atoms with E-state index in [2.05, 4.69) is 5.32 Å². The maximum Gasteiger partial charge on any atom is 0.216 e. The maximum atomic E-state index is 10.8. The number of thiophene rings is 1. The predicted molar refractivity (Wildman–Crippen MR) is 72.4 cm³/mol. The molecule has 0 atom stereocenters. The molecule has 0 bridgehead atoms. The van der Waals surface area contributed by atoms with E-state index in [0.717, 1.165) is 22.1 Å². The van der Waals surface area contributed by atoms with Crippen LogP contribution in [0, 0.1) is 0 Å². The van der Waals surface area contributed by atoms with E-state index in [9.17, 15) is 9.90 Å². The lowest BCUT2D eigenvalue weighted by atomic mass is 10.1. The number of amides is 1. The van der Waals surface area contributed by atoms with Crippen molar-refractivity contribution in [2.24, 2.45) is 0 Å². The molecule has 0 spiro atoms. The van der Waals surface area contributed by atoms with Crippen molar-refractivity contribution < 1.29 is 14.6 Å². The van der Waals surface area contributed by atoms with Gasteiger partial charge in [0.05, 0.1) is 7.11 Å². The van der Waals surface area contributed by atoms with Crippen molar-refractivity contribution in [1.29, 1.82) is 0 Å². The summed E-state index contributed by atoms with van der Waals surface area (Å²) in [6, 6.07) is 3.55. The van der Waals surface area contributed by atoms with Gasteiger partial charge in [0.15, 0.2) is 11.5 Å². The van der Waals surface area contributed by atoms with Crippen molar-refractivity contribution in [1.82, 2.24) is 5.32 Å². The van der Waals surface area contributed by atoms with Crippen LogP contribution >= 0.6 is 11.3 Å². The molecule has 0 aliphatic rings. The van der Waals surface area contributed by atoms with Crippen LogP contribution in [0.4, 0.5) is 0 Å². The Balaban J connectivity index is 2.26. The Hall–Kier alpha value is -1.75. The van der Waals surface area contributed by atoms with Crippen LogP contribution in [0.15, 0.2) is 17.5 Å². The molecule has 0 unspecified atom stereocenters. The molecule has 0 saturated carbocycles. The van der Waals surface area contributed by atoms with Gasteiger partial charge in [-0.3, -0.25) is 4.79 Å². The number of hydrogen-bond donors (Lipinski definition) is 2. The van der Waals surface area contributed by atoms with E-state index in [1.165, 1.54) is 14.0 Å². The van der Waals surface area contributed by atoms with E-state index >= 15 is 0 Å². The molecule has 2 aromatic rings. The van der Waals surface area contributed by atoms with Gasteiger partial charge in [-0.25, -0.2) is 0 Å². The minimum Gasteiger partial charge on any atom is -0.504 e. The summed E-state index contributed by atoms with van der Waals surface area (Å²) < 4.78 is 6.12. The second-order valence-corrected chi connectivity index (χ2v) is 4.93. The molecule has 18 heavy (non-hydrogen) atoms. The second-order valence-electron chi connectivity index (χ2n) is 4.01. The first-order valence-electron chi connectivity index (χ1n) is 5.63. The first-order chi connectivity index (χ1) is 8.61. The number of carbonyl (C=O) groups excluding carboxylic acids is 1. The summed E-state index contributed by atoms with van der Waals surface area (Å²) in [4.78, 5) is 10.8. The summed E-state index contributed by atoms with van der Waals surface area (Å²) >= 11 is 1.58. The van der Waals surface area contributed by atoms with Crippen molar-refractivity contribution >= 4 is 27.3 Å². The summed E-state index contributed by atoms with van der Waals surface area (Å²) in [5.74, 6) is 0.603. The molecule has 96 valence electrons. The van der Waals surface area contributed by atoms with E-state index in [4.69, 9.17) is 4.74 Å². The highest BCUT2D eigenvalue weighted by Gasteiger charge is 2.09. The molecule has 4 nitrogen and oxygen atoms in total. The standard InChI is InChI=1S/C13H15NO3S/c1-8(15)14-4-3-9-7-18-13-6-11(16)12(17-2)5-10(9)13/h5-7,16H,3-4H2,1-2H3,(H,14,15). The van der Waals surface area contributed by atoms with Gasteiger partial charge in [-0.2, -0.15) is 0 Å². The quantitative estimate of drug-likeness (QED) is 0.891. The molecular formula is C13H15NO3S. The zero-order chi connectivity index (χ0) is 13.1. The van der Waals surface area contributed by atoms with Crippen molar-refractivity contribution in [3.8, 4) is 11.5 Å². The van der Waals surface area contributed by atoms with E-state index in [-0.39, 0.29) is 11.7 Å². The minimum atomic E-state index is -0.0234. The zero-order valence-electron chi connectivity index (χ0n) is 10.3. The molecule has 0 saturated heterocycles. The number of rotatable bonds is 4. The Morgan fingerprint density at radius 1 is 1.50 bits per heavy atom. The Labute approximate surface area is 109 Å². The SMILES string of the molecule is COc1cc2c(CCNC(C)=O)csc2cc1O. The van der Waals surface area contributed by atoms with Crippen LogP contribution in [0.25, 0.3) is 10.1 Å². The topological polar surface area (TPSA) is 58.6 Å². The monoisotopic (exact) mass is 265 g/mol. The zero-order valence-corrected chi connectivity index (χ0v) is 11.1. The van der Waals surface area contributed by atoms with Crippen LogP contribution in [0.3, 0.4) is 0 Å². The lowest BCUT2D eigenvalue weighted by Gasteiger charge is -2.05. The predicted octanol–water partition coefficient (Wildman–Crippen LogP) is 2.29. The average Bonchev–Trinajstić information content (AvgIpc) is 2.70. The average molecular weight is 265 g/mol. The number of ether oxygens (including phenoxy) is 1. The van der Waals surface area contributed by atoms with Gasteiger partial charge in [0.1, 0.15) is 0 Å². The highest BCUT2D eigenvalue weighted by atomic mass is 32.1. The lowest BCUT2D eigenvalue weighted by Crippen LogP contribution is -2.22. The van der Waals surface area contributed by atoms with Crippen LogP contribution < -0.4 is 10.1 Å². The molecule has 0 aliphatic heterocycles. The van der Waals surface area contributed by atoms with Gasteiger partial charge >= 0.3 is 0 Å². The Kier molecular flexibility index (Phi) is 3.72. The fraction of sp³-hybridized carbons (Fsp3) is 0.308. The highest BCUT2D eigenvalue weighted by Crippen LogP contribution is 2.36. The van der Waals surface area contributed by atoms with Gasteiger partial charge in [0, 0.05) is 24.2 Å². The molecule has 1 aromatic heterocycles. The molecular weight excluding hydrogens is 250 g/mol. The second kappa shape index (κ2) is 5.27. The molecule has 1 aromatic carbocycles. The van der Waals surface area contributed by atoms with Crippen molar-refractivity contribution in [3.63, 3.8) is 0 Å². The number of fused-ring (bicyclic) bond motifs is 1. The number of methoxy groups -OCH3 is 1. The number of phenolic OH excluding ortho intramolecular Hbond substituents is 1. The van der Waals surface area contributed by atoms with Gasteiger partial charge in [-0.05, 0) is 28.8 Å². The van der Waals surface area contributed by atoms with Gasteiger partial charge in [-0.15, -0.1) is 11.3 Å². The highest BCUT2D eigenvalue weighted by molar-refractivity contribution is 7.17. The van der Waals surface area contributed by atoms with Crippen LogP contribution in [-0.2, 0) is 11.2 Å².